The number of hydrogen-bond donors (Lipinski definition) is 0. The predicted molar refractivity (Wildman–Crippen MR) is 126 cm³/mol. The van der Waals surface area contributed by atoms with E-state index >= 15 is 0 Å². The van der Waals surface area contributed by atoms with Crippen molar-refractivity contribution in [3.63, 3.8) is 0 Å². The molecule has 4 rings (SSSR count). The third-order valence-electron chi connectivity index (χ3n) is 5.94. The van der Waals surface area contributed by atoms with E-state index in [4.69, 9.17) is 30.8 Å². The monoisotopic (exact) mass is 478 g/mol. The van der Waals surface area contributed by atoms with E-state index in [1.165, 1.54) is 19.3 Å². The molecule has 0 N–H and O–H groups in total. The minimum Gasteiger partial charge on any atom is -0.461 e. The number of aromatic nitrogens is 2. The molecule has 1 aromatic carbocycles. The number of unbranched alkanes of at least 4 members (excludes halogenated alkanes) is 1. The van der Waals surface area contributed by atoms with Gasteiger partial charge in [0.15, 0.2) is 17.2 Å². The zero-order chi connectivity index (χ0) is 22.5. The second-order valence-corrected chi connectivity index (χ2v) is 9.96. The average molecular weight is 479 g/mol. The maximum absolute atomic E-state index is 13.1. The number of fused-ring (bicyclic) bond motifs is 1. The van der Waals surface area contributed by atoms with Crippen molar-refractivity contribution in [3.8, 4) is 11.5 Å². The van der Waals surface area contributed by atoms with Gasteiger partial charge in [-0.05, 0) is 37.8 Å². The van der Waals surface area contributed by atoms with E-state index < -0.39 is 0 Å². The lowest BCUT2D eigenvalue weighted by molar-refractivity contribution is 0.0509. The zero-order valence-corrected chi connectivity index (χ0v) is 20.4. The Morgan fingerprint density at radius 1 is 1.22 bits per heavy atom. The lowest BCUT2D eigenvalue weighted by Gasteiger charge is -2.20. The van der Waals surface area contributed by atoms with Crippen LogP contribution in [0.5, 0.6) is 11.5 Å². The Morgan fingerprint density at radius 2 is 1.97 bits per heavy atom. The Morgan fingerprint density at radius 3 is 2.69 bits per heavy atom. The molecule has 1 fully saturated rings. The molecule has 2 heterocycles. The van der Waals surface area contributed by atoms with Crippen molar-refractivity contribution < 1.29 is 19.0 Å². The van der Waals surface area contributed by atoms with E-state index in [0.717, 1.165) is 48.5 Å². The minimum absolute atomic E-state index is 0.193. The molecule has 0 radical (unpaired) electrons. The largest absolute Gasteiger partial charge is 0.461 e. The molecular formula is C24H31ClN2O4S. The molecule has 0 amide bonds. The fourth-order valence-corrected chi connectivity index (χ4v) is 5.80. The number of imidazole rings is 1. The predicted octanol–water partition coefficient (Wildman–Crippen LogP) is 6.26. The lowest BCUT2D eigenvalue weighted by atomic mass is 10.0. The molecule has 0 unspecified atom stereocenters. The number of carbonyl (C=O) groups excluding carboxylic acids is 1. The Labute approximate surface area is 199 Å². The molecule has 1 aliphatic heterocycles. The van der Waals surface area contributed by atoms with Gasteiger partial charge in [-0.25, -0.2) is 9.78 Å². The molecule has 1 aromatic heterocycles. The van der Waals surface area contributed by atoms with Gasteiger partial charge in [-0.2, -0.15) is 0 Å². The molecule has 8 heteroatoms. The number of ether oxygens (including phenoxy) is 3. The lowest BCUT2D eigenvalue weighted by Crippen LogP contribution is -2.17. The van der Waals surface area contributed by atoms with Crippen LogP contribution >= 0.6 is 23.4 Å². The molecular weight excluding hydrogens is 448 g/mol. The molecule has 0 bridgehead atoms. The van der Waals surface area contributed by atoms with E-state index in [-0.39, 0.29) is 12.8 Å². The number of hydrogen-bond acceptors (Lipinski definition) is 6. The van der Waals surface area contributed by atoms with Crippen LogP contribution in [-0.4, -0.2) is 34.2 Å². The van der Waals surface area contributed by atoms with E-state index in [9.17, 15) is 4.79 Å². The number of benzene rings is 1. The summed E-state index contributed by atoms with van der Waals surface area (Å²) < 4.78 is 18.5. The molecule has 6 nitrogen and oxygen atoms in total. The van der Waals surface area contributed by atoms with Crippen LogP contribution in [0.25, 0.3) is 0 Å². The Kier molecular flexibility index (Phi) is 7.89. The van der Waals surface area contributed by atoms with Gasteiger partial charge in [0.2, 0.25) is 6.79 Å². The topological polar surface area (TPSA) is 62.6 Å². The van der Waals surface area contributed by atoms with E-state index in [1.807, 2.05) is 17.6 Å². The molecule has 0 spiro atoms. The minimum atomic E-state index is -0.321. The fourth-order valence-electron chi connectivity index (χ4n) is 4.24. The molecule has 1 aliphatic carbocycles. The van der Waals surface area contributed by atoms with Crippen molar-refractivity contribution in [2.24, 2.45) is 0 Å². The third kappa shape index (κ3) is 5.20. The molecule has 2 aliphatic rings. The first-order valence-corrected chi connectivity index (χ1v) is 12.9. The number of aryl methyl sites for hydroxylation is 1. The smallest absolute Gasteiger partial charge is 0.357 e. The van der Waals surface area contributed by atoms with Crippen LogP contribution in [0.1, 0.15) is 80.7 Å². The number of thioether (sulfide) groups is 1. The molecule has 0 saturated heterocycles. The summed E-state index contributed by atoms with van der Waals surface area (Å²) in [6, 6.07) is 3.68. The van der Waals surface area contributed by atoms with Gasteiger partial charge in [-0.3, -0.25) is 0 Å². The van der Waals surface area contributed by atoms with Gasteiger partial charge in [-0.15, -0.1) is 11.8 Å². The highest BCUT2D eigenvalue weighted by atomic mass is 35.5. The Balaban J connectivity index is 1.73. The van der Waals surface area contributed by atoms with Gasteiger partial charge in [-0.1, -0.05) is 44.2 Å². The van der Waals surface area contributed by atoms with Crippen molar-refractivity contribution in [1.82, 2.24) is 9.55 Å². The first-order valence-electron chi connectivity index (χ1n) is 11.6. The number of esters is 1. The fraction of sp³-hybridized carbons (Fsp3) is 0.583. The van der Waals surface area contributed by atoms with Gasteiger partial charge in [0.25, 0.3) is 0 Å². The quantitative estimate of drug-likeness (QED) is 0.396. The number of rotatable bonds is 9. The van der Waals surface area contributed by atoms with Gasteiger partial charge >= 0.3 is 5.97 Å². The number of carbonyl (C=O) groups is 1. The summed E-state index contributed by atoms with van der Waals surface area (Å²) in [5.74, 6) is 1.91. The van der Waals surface area contributed by atoms with E-state index in [2.05, 4.69) is 6.92 Å². The molecule has 2 aromatic rings. The molecule has 32 heavy (non-hydrogen) atoms. The van der Waals surface area contributed by atoms with Gasteiger partial charge < -0.3 is 18.8 Å². The normalized spacial score (nSPS) is 15.8. The maximum atomic E-state index is 13.1. The maximum Gasteiger partial charge on any atom is 0.357 e. The standard InChI is InChI=1S/C24H31ClN2O4S/c1-3-5-11-21-26-23(32-17-9-7-6-8-10-17)22(24(28)29-4-2)27(21)14-16-12-19-20(13-18(16)25)31-15-30-19/h12-13,17H,3-11,14-15H2,1-2H3. The molecule has 0 atom stereocenters. The van der Waals surface area contributed by atoms with Gasteiger partial charge in [0.1, 0.15) is 10.9 Å². The van der Waals surface area contributed by atoms with Crippen LogP contribution in [0.2, 0.25) is 5.02 Å². The number of halogens is 1. The average Bonchev–Trinajstić information content (AvgIpc) is 3.37. The van der Waals surface area contributed by atoms with Gasteiger partial charge in [0.05, 0.1) is 13.2 Å². The molecule has 1 saturated carbocycles. The highest BCUT2D eigenvalue weighted by Crippen LogP contribution is 2.39. The van der Waals surface area contributed by atoms with E-state index in [1.54, 1.807) is 17.8 Å². The third-order valence-corrected chi connectivity index (χ3v) is 7.60. The van der Waals surface area contributed by atoms with Crippen LogP contribution in [0.15, 0.2) is 17.2 Å². The van der Waals surface area contributed by atoms with Crippen LogP contribution < -0.4 is 9.47 Å². The van der Waals surface area contributed by atoms with Crippen molar-refractivity contribution >= 4 is 29.3 Å². The summed E-state index contributed by atoms with van der Waals surface area (Å²) in [5, 5.41) is 1.87. The summed E-state index contributed by atoms with van der Waals surface area (Å²) in [6.45, 7) is 4.94. The van der Waals surface area contributed by atoms with Crippen molar-refractivity contribution in [1.29, 1.82) is 0 Å². The van der Waals surface area contributed by atoms with Crippen molar-refractivity contribution in [2.45, 2.75) is 82.0 Å². The summed E-state index contributed by atoms with van der Waals surface area (Å²) in [4.78, 5) is 18.1. The second kappa shape index (κ2) is 10.8. The first kappa shape index (κ1) is 23.3. The second-order valence-electron chi connectivity index (χ2n) is 8.27. The van der Waals surface area contributed by atoms with Crippen LogP contribution in [0.3, 0.4) is 0 Å². The SMILES string of the molecule is CCCCc1nc(SC2CCCCC2)c(C(=O)OCC)n1Cc1cc2c(cc1Cl)OCO2. The highest BCUT2D eigenvalue weighted by Gasteiger charge is 2.28. The highest BCUT2D eigenvalue weighted by molar-refractivity contribution is 7.99. The van der Waals surface area contributed by atoms with Gasteiger partial charge in [0, 0.05) is 22.8 Å². The summed E-state index contributed by atoms with van der Waals surface area (Å²) in [5.41, 5.74) is 1.41. The Bertz CT molecular complexity index is 956. The van der Waals surface area contributed by atoms with Crippen molar-refractivity contribution in [3.05, 3.63) is 34.2 Å². The summed E-state index contributed by atoms with van der Waals surface area (Å²) >= 11 is 8.32. The first-order chi connectivity index (χ1) is 15.6. The van der Waals surface area contributed by atoms with Crippen LogP contribution in [0.4, 0.5) is 0 Å². The van der Waals surface area contributed by atoms with E-state index in [0.29, 0.717) is 40.6 Å². The van der Waals surface area contributed by atoms with Crippen LogP contribution in [-0.2, 0) is 17.7 Å². The summed E-state index contributed by atoms with van der Waals surface area (Å²) in [6.07, 6.45) is 8.96. The molecule has 174 valence electrons. The Hall–Kier alpha value is -1.86. The zero-order valence-electron chi connectivity index (χ0n) is 18.8. The summed E-state index contributed by atoms with van der Waals surface area (Å²) in [7, 11) is 0. The van der Waals surface area contributed by atoms with Crippen molar-refractivity contribution in [2.75, 3.05) is 13.4 Å². The van der Waals surface area contributed by atoms with Crippen LogP contribution in [0, 0.1) is 0 Å². The number of nitrogens with zero attached hydrogens (tertiary/aromatic N) is 2.